The van der Waals surface area contributed by atoms with Crippen molar-refractivity contribution in [3.8, 4) is 0 Å². The normalized spacial score (nSPS) is 22.6. The lowest BCUT2D eigenvalue weighted by Crippen LogP contribution is -2.36. The zero-order chi connectivity index (χ0) is 14.7. The Bertz CT molecular complexity index is 507. The molecule has 1 aromatic rings. The molecule has 0 aromatic heterocycles. The summed E-state index contributed by atoms with van der Waals surface area (Å²) in [7, 11) is 0. The highest BCUT2D eigenvalue weighted by Crippen LogP contribution is 2.33. The van der Waals surface area contributed by atoms with Gasteiger partial charge in [-0.15, -0.1) is 0 Å². The molecule has 0 saturated heterocycles. The van der Waals surface area contributed by atoms with E-state index in [0.29, 0.717) is 18.5 Å². The smallest absolute Gasteiger partial charge is 0.288 e. The Morgan fingerprint density at radius 1 is 1.45 bits per heavy atom. The van der Waals surface area contributed by atoms with Crippen molar-refractivity contribution in [3.63, 3.8) is 0 Å². The van der Waals surface area contributed by atoms with Crippen LogP contribution in [-0.4, -0.2) is 17.5 Å². The fourth-order valence-corrected chi connectivity index (χ4v) is 3.07. The van der Waals surface area contributed by atoms with E-state index in [1.54, 1.807) is 6.07 Å². The first kappa shape index (κ1) is 15.1. The number of rotatable bonds is 4. The molecule has 5 nitrogen and oxygen atoms in total. The van der Waals surface area contributed by atoms with Crippen LogP contribution in [0.15, 0.2) is 12.1 Å². The monoisotopic (exact) mass is 297 g/mol. The number of halogens is 1. The van der Waals surface area contributed by atoms with Crippen molar-refractivity contribution in [2.75, 3.05) is 11.9 Å². The van der Waals surface area contributed by atoms with E-state index in [-0.39, 0.29) is 10.7 Å². The van der Waals surface area contributed by atoms with Gasteiger partial charge in [0.15, 0.2) is 0 Å². The van der Waals surface area contributed by atoms with Gasteiger partial charge < -0.3 is 11.1 Å². The first-order chi connectivity index (χ1) is 9.52. The molecule has 0 spiro atoms. The molecule has 2 atom stereocenters. The van der Waals surface area contributed by atoms with Crippen LogP contribution in [0.3, 0.4) is 0 Å². The van der Waals surface area contributed by atoms with Gasteiger partial charge in [-0.2, -0.15) is 0 Å². The minimum absolute atomic E-state index is 0.0475. The van der Waals surface area contributed by atoms with Crippen molar-refractivity contribution in [1.82, 2.24) is 0 Å². The van der Waals surface area contributed by atoms with E-state index in [9.17, 15) is 10.1 Å². The molecule has 20 heavy (non-hydrogen) atoms. The fourth-order valence-electron chi connectivity index (χ4n) is 2.84. The van der Waals surface area contributed by atoms with Gasteiger partial charge in [0.25, 0.3) is 5.69 Å². The van der Waals surface area contributed by atoms with Crippen LogP contribution in [0, 0.1) is 23.0 Å². The zero-order valence-corrected chi connectivity index (χ0v) is 12.3. The third-order valence-electron chi connectivity index (χ3n) is 4.04. The Labute approximate surface area is 123 Å². The van der Waals surface area contributed by atoms with Gasteiger partial charge in [0.1, 0.15) is 5.02 Å². The fraction of sp³-hybridized carbons (Fsp3) is 0.571. The first-order valence-corrected chi connectivity index (χ1v) is 7.32. The van der Waals surface area contributed by atoms with Gasteiger partial charge in [-0.3, -0.25) is 10.1 Å². The van der Waals surface area contributed by atoms with Gasteiger partial charge in [-0.1, -0.05) is 24.4 Å². The molecule has 2 unspecified atom stereocenters. The quantitative estimate of drug-likeness (QED) is 0.658. The maximum Gasteiger partial charge on any atom is 0.288 e. The molecule has 1 saturated carbocycles. The Morgan fingerprint density at radius 3 is 2.80 bits per heavy atom. The summed E-state index contributed by atoms with van der Waals surface area (Å²) in [5, 5.41) is 14.5. The summed E-state index contributed by atoms with van der Waals surface area (Å²) in [5.41, 5.74) is 7.48. The average Bonchev–Trinajstić information content (AvgIpc) is 2.42. The van der Waals surface area contributed by atoms with Gasteiger partial charge in [0.2, 0.25) is 0 Å². The molecule has 0 amide bonds. The third kappa shape index (κ3) is 3.22. The molecule has 0 aliphatic heterocycles. The highest BCUT2D eigenvalue weighted by molar-refractivity contribution is 6.33. The van der Waals surface area contributed by atoms with Crippen molar-refractivity contribution in [2.24, 2.45) is 11.7 Å². The average molecular weight is 298 g/mol. The van der Waals surface area contributed by atoms with E-state index < -0.39 is 4.92 Å². The second-order valence-corrected chi connectivity index (χ2v) is 5.81. The largest absolute Gasteiger partial charge is 0.382 e. The number of nitrogens with zero attached hydrogens (tertiary/aromatic N) is 1. The molecule has 1 aromatic carbocycles. The summed E-state index contributed by atoms with van der Waals surface area (Å²) >= 11 is 5.98. The Kier molecular flexibility index (Phi) is 4.83. The molecule has 3 N–H and O–H groups in total. The molecule has 1 fully saturated rings. The van der Waals surface area contributed by atoms with Crippen molar-refractivity contribution in [3.05, 3.63) is 32.8 Å². The number of aryl methyl sites for hydroxylation is 1. The maximum atomic E-state index is 10.9. The van der Waals surface area contributed by atoms with Crippen molar-refractivity contribution < 1.29 is 4.92 Å². The Balaban J connectivity index is 2.20. The van der Waals surface area contributed by atoms with Gasteiger partial charge in [0, 0.05) is 17.8 Å². The molecule has 0 radical (unpaired) electrons. The minimum atomic E-state index is -0.456. The molecular formula is C14H20ClN3O2. The molecule has 1 aliphatic rings. The van der Waals surface area contributed by atoms with Crippen LogP contribution in [0.1, 0.15) is 31.2 Å². The molecule has 0 heterocycles. The lowest BCUT2D eigenvalue weighted by Gasteiger charge is -2.32. The van der Waals surface area contributed by atoms with E-state index >= 15 is 0 Å². The van der Waals surface area contributed by atoms with Crippen LogP contribution in [0.25, 0.3) is 0 Å². The van der Waals surface area contributed by atoms with Gasteiger partial charge >= 0.3 is 0 Å². The first-order valence-electron chi connectivity index (χ1n) is 6.94. The lowest BCUT2D eigenvalue weighted by molar-refractivity contribution is -0.384. The summed E-state index contributed by atoms with van der Waals surface area (Å²) < 4.78 is 0. The van der Waals surface area contributed by atoms with Crippen LogP contribution in [-0.2, 0) is 0 Å². The molecular weight excluding hydrogens is 278 g/mol. The second-order valence-electron chi connectivity index (χ2n) is 5.41. The van der Waals surface area contributed by atoms with Crippen LogP contribution in [0.5, 0.6) is 0 Å². The number of nitrogens with one attached hydrogen (secondary N) is 1. The highest BCUT2D eigenvalue weighted by Gasteiger charge is 2.25. The predicted octanol–water partition coefficient (Wildman–Crippen LogP) is 3.49. The summed E-state index contributed by atoms with van der Waals surface area (Å²) in [6, 6.07) is 3.49. The third-order valence-corrected chi connectivity index (χ3v) is 4.35. The van der Waals surface area contributed by atoms with E-state index in [1.165, 1.54) is 18.9 Å². The highest BCUT2D eigenvalue weighted by atomic mass is 35.5. The number of nitro benzene ring substituents is 1. The van der Waals surface area contributed by atoms with Crippen LogP contribution >= 0.6 is 11.6 Å². The van der Waals surface area contributed by atoms with E-state index in [0.717, 1.165) is 24.1 Å². The minimum Gasteiger partial charge on any atom is -0.382 e. The summed E-state index contributed by atoms with van der Waals surface area (Å²) in [6.45, 7) is 2.52. The van der Waals surface area contributed by atoms with Crippen molar-refractivity contribution >= 4 is 23.0 Å². The standard InChI is InChI=1S/C14H20ClN3O2/c1-9-6-14(18(19)20)11(15)7-13(9)17-12-5-3-2-4-10(12)8-16/h6-7,10,12,17H,2-5,8,16H2,1H3. The van der Waals surface area contributed by atoms with Crippen LogP contribution < -0.4 is 11.1 Å². The van der Waals surface area contributed by atoms with E-state index in [1.807, 2.05) is 6.92 Å². The molecule has 2 rings (SSSR count). The SMILES string of the molecule is Cc1cc([N+](=O)[O-])c(Cl)cc1NC1CCCCC1CN. The zero-order valence-electron chi connectivity index (χ0n) is 11.6. The van der Waals surface area contributed by atoms with E-state index in [2.05, 4.69) is 5.32 Å². The maximum absolute atomic E-state index is 10.9. The van der Waals surface area contributed by atoms with Gasteiger partial charge in [0.05, 0.1) is 4.92 Å². The molecule has 6 heteroatoms. The molecule has 1 aliphatic carbocycles. The number of anilines is 1. The van der Waals surface area contributed by atoms with Crippen molar-refractivity contribution in [1.29, 1.82) is 0 Å². The Hall–Kier alpha value is -1.33. The summed E-state index contributed by atoms with van der Waals surface area (Å²) in [5.74, 6) is 0.456. The van der Waals surface area contributed by atoms with Crippen LogP contribution in [0.2, 0.25) is 5.02 Å². The predicted molar refractivity (Wildman–Crippen MR) is 81.3 cm³/mol. The molecule has 0 bridgehead atoms. The lowest BCUT2D eigenvalue weighted by atomic mass is 9.84. The van der Waals surface area contributed by atoms with E-state index in [4.69, 9.17) is 17.3 Å². The summed E-state index contributed by atoms with van der Waals surface area (Å²) in [4.78, 5) is 10.4. The number of hydrogen-bond acceptors (Lipinski definition) is 4. The summed E-state index contributed by atoms with van der Waals surface area (Å²) in [6.07, 6.45) is 4.62. The number of benzene rings is 1. The topological polar surface area (TPSA) is 81.2 Å². The number of nitrogens with two attached hydrogens (primary N) is 1. The Morgan fingerprint density at radius 2 is 2.15 bits per heavy atom. The van der Waals surface area contributed by atoms with Gasteiger partial charge in [-0.25, -0.2) is 0 Å². The van der Waals surface area contributed by atoms with Crippen LogP contribution in [0.4, 0.5) is 11.4 Å². The van der Waals surface area contributed by atoms with Crippen molar-refractivity contribution in [2.45, 2.75) is 38.6 Å². The second kappa shape index (κ2) is 6.41. The van der Waals surface area contributed by atoms with Gasteiger partial charge in [-0.05, 0) is 43.9 Å². The molecule has 110 valence electrons. The number of hydrogen-bond donors (Lipinski definition) is 2. The number of nitro groups is 1.